The van der Waals surface area contributed by atoms with Crippen LogP contribution in [0.5, 0.6) is 0 Å². The molecule has 0 atom stereocenters. The lowest BCUT2D eigenvalue weighted by Crippen LogP contribution is -2.51. The van der Waals surface area contributed by atoms with Gasteiger partial charge < -0.3 is 9.80 Å². The Morgan fingerprint density at radius 2 is 1.64 bits per heavy atom. The van der Waals surface area contributed by atoms with Gasteiger partial charge in [-0.2, -0.15) is 0 Å². The molecule has 1 saturated carbocycles. The Labute approximate surface area is 150 Å². The molecule has 0 N–H and O–H groups in total. The minimum absolute atomic E-state index is 0.0492. The Balaban J connectivity index is 1.34. The monoisotopic (exact) mass is 364 g/mol. The molecular weight excluding hydrogens is 336 g/mol. The van der Waals surface area contributed by atoms with E-state index in [0.717, 1.165) is 31.2 Å². The van der Waals surface area contributed by atoms with Gasteiger partial charge in [0.15, 0.2) is 20.7 Å². The van der Waals surface area contributed by atoms with Crippen LogP contribution in [0.15, 0.2) is 17.2 Å². The number of hydrogen-bond acceptors (Lipinski definition) is 6. The highest BCUT2D eigenvalue weighted by molar-refractivity contribution is 7.90. The van der Waals surface area contributed by atoms with Gasteiger partial charge in [-0.15, -0.1) is 10.2 Å². The molecule has 0 radical (unpaired) electrons. The van der Waals surface area contributed by atoms with Crippen LogP contribution >= 0.6 is 0 Å². The molecule has 1 aromatic rings. The van der Waals surface area contributed by atoms with Crippen LogP contribution in [0.2, 0.25) is 0 Å². The summed E-state index contributed by atoms with van der Waals surface area (Å²) in [5, 5.41) is 8.08. The predicted molar refractivity (Wildman–Crippen MR) is 97.5 cm³/mol. The summed E-state index contributed by atoms with van der Waals surface area (Å²) in [5.74, 6) is 0.800. The lowest BCUT2D eigenvalue weighted by Gasteiger charge is -2.50. The summed E-state index contributed by atoms with van der Waals surface area (Å²) in [5.41, 5.74) is 0.511. The van der Waals surface area contributed by atoms with Crippen LogP contribution in [0.25, 0.3) is 0 Å². The van der Waals surface area contributed by atoms with Gasteiger partial charge in [0.2, 0.25) is 0 Å². The highest BCUT2D eigenvalue weighted by Gasteiger charge is 2.39. The van der Waals surface area contributed by atoms with Gasteiger partial charge in [-0.1, -0.05) is 6.42 Å². The third-order valence-electron chi connectivity index (χ3n) is 6.60. The maximum atomic E-state index is 11.5. The van der Waals surface area contributed by atoms with E-state index in [1.165, 1.54) is 58.0 Å². The van der Waals surface area contributed by atoms with E-state index in [4.69, 9.17) is 0 Å². The third kappa shape index (κ3) is 3.53. The maximum Gasteiger partial charge on any atom is 0.194 e. The Kier molecular flexibility index (Phi) is 4.48. The first-order valence-electron chi connectivity index (χ1n) is 9.48. The molecular formula is C18H28N4O2S. The van der Waals surface area contributed by atoms with Crippen molar-refractivity contribution in [2.75, 3.05) is 37.3 Å². The van der Waals surface area contributed by atoms with Crippen LogP contribution in [0, 0.1) is 5.41 Å². The second-order valence-electron chi connectivity index (χ2n) is 8.11. The van der Waals surface area contributed by atoms with Crippen LogP contribution in [-0.4, -0.2) is 62.0 Å². The number of piperidine rings is 2. The van der Waals surface area contributed by atoms with Crippen molar-refractivity contribution in [3.63, 3.8) is 0 Å². The average Bonchev–Trinajstić information content (AvgIpc) is 2.56. The number of sulfone groups is 1. The van der Waals surface area contributed by atoms with Crippen molar-refractivity contribution in [3.8, 4) is 0 Å². The first-order valence-corrected chi connectivity index (χ1v) is 11.4. The highest BCUT2D eigenvalue weighted by Crippen LogP contribution is 2.43. The van der Waals surface area contributed by atoms with Gasteiger partial charge in [-0.05, 0) is 69.2 Å². The summed E-state index contributed by atoms with van der Waals surface area (Å²) in [6.45, 7) is 4.54. The molecule has 138 valence electrons. The molecule has 3 heterocycles. The van der Waals surface area contributed by atoms with Crippen LogP contribution in [0.4, 0.5) is 5.82 Å². The van der Waals surface area contributed by atoms with Gasteiger partial charge in [-0.25, -0.2) is 8.42 Å². The zero-order chi connectivity index (χ0) is 17.5. The molecule has 6 nitrogen and oxygen atoms in total. The molecule has 0 bridgehead atoms. The Bertz CT molecular complexity index is 697. The summed E-state index contributed by atoms with van der Waals surface area (Å²) in [7, 11) is -3.28. The van der Waals surface area contributed by atoms with Gasteiger partial charge in [-0.3, -0.25) is 0 Å². The van der Waals surface area contributed by atoms with Crippen LogP contribution in [0.3, 0.4) is 0 Å². The van der Waals surface area contributed by atoms with Crippen molar-refractivity contribution in [3.05, 3.63) is 12.1 Å². The van der Waals surface area contributed by atoms with E-state index in [1.807, 2.05) is 0 Å². The molecule has 2 saturated heterocycles. The normalized spacial score (nSPS) is 25.1. The number of aromatic nitrogens is 2. The second-order valence-corrected chi connectivity index (χ2v) is 10.1. The Hall–Kier alpha value is -1.21. The van der Waals surface area contributed by atoms with E-state index in [2.05, 4.69) is 20.0 Å². The summed E-state index contributed by atoms with van der Waals surface area (Å²) in [4.78, 5) is 4.97. The van der Waals surface area contributed by atoms with Gasteiger partial charge in [0, 0.05) is 25.4 Å². The van der Waals surface area contributed by atoms with Crippen LogP contribution < -0.4 is 4.90 Å². The van der Waals surface area contributed by atoms with Gasteiger partial charge in [0.25, 0.3) is 0 Å². The average molecular weight is 365 g/mol. The van der Waals surface area contributed by atoms with E-state index in [0.29, 0.717) is 5.41 Å². The van der Waals surface area contributed by atoms with Crippen molar-refractivity contribution in [1.29, 1.82) is 0 Å². The summed E-state index contributed by atoms with van der Waals surface area (Å²) < 4.78 is 23.0. The molecule has 1 aliphatic carbocycles. The van der Waals surface area contributed by atoms with E-state index >= 15 is 0 Å². The molecule has 0 aromatic carbocycles. The molecule has 25 heavy (non-hydrogen) atoms. The van der Waals surface area contributed by atoms with Crippen molar-refractivity contribution in [2.24, 2.45) is 5.41 Å². The third-order valence-corrected chi connectivity index (χ3v) is 7.58. The lowest BCUT2D eigenvalue weighted by atomic mass is 9.70. The first kappa shape index (κ1) is 17.2. The van der Waals surface area contributed by atoms with Gasteiger partial charge in [0.1, 0.15) is 0 Å². The van der Waals surface area contributed by atoms with Crippen molar-refractivity contribution >= 4 is 15.7 Å². The summed E-state index contributed by atoms with van der Waals surface area (Å²) >= 11 is 0. The minimum atomic E-state index is -3.28. The molecule has 1 aromatic heterocycles. The van der Waals surface area contributed by atoms with Crippen molar-refractivity contribution in [2.45, 2.75) is 56.0 Å². The summed E-state index contributed by atoms with van der Waals surface area (Å²) in [6, 6.07) is 4.24. The zero-order valence-corrected chi connectivity index (χ0v) is 15.8. The second kappa shape index (κ2) is 6.50. The topological polar surface area (TPSA) is 66.4 Å². The molecule has 3 aliphatic rings. The van der Waals surface area contributed by atoms with E-state index in [1.54, 1.807) is 12.1 Å². The van der Waals surface area contributed by atoms with E-state index < -0.39 is 9.84 Å². The zero-order valence-electron chi connectivity index (χ0n) is 15.0. The molecule has 3 fully saturated rings. The molecule has 0 unspecified atom stereocenters. The highest BCUT2D eigenvalue weighted by atomic mass is 32.2. The SMILES string of the molecule is CS(=O)(=O)c1ccc(N2CCC3(CC2)CCN(C2CCC2)CC3)nn1. The molecule has 4 rings (SSSR count). The predicted octanol–water partition coefficient (Wildman–Crippen LogP) is 2.12. The molecule has 0 amide bonds. The number of anilines is 1. The smallest absolute Gasteiger partial charge is 0.194 e. The standard InChI is InChI=1S/C18H28N4O2S/c1-25(23,24)17-6-5-16(19-20-17)22-13-9-18(10-14-22)7-11-21(12-8-18)15-3-2-4-15/h5-6,15H,2-4,7-14H2,1H3. The number of nitrogens with zero attached hydrogens (tertiary/aromatic N) is 4. The quantitative estimate of drug-likeness (QED) is 0.818. The fourth-order valence-electron chi connectivity index (χ4n) is 4.50. The van der Waals surface area contributed by atoms with Gasteiger partial charge in [0.05, 0.1) is 0 Å². The van der Waals surface area contributed by atoms with Gasteiger partial charge >= 0.3 is 0 Å². The van der Waals surface area contributed by atoms with E-state index in [-0.39, 0.29) is 5.03 Å². The fourth-order valence-corrected chi connectivity index (χ4v) is 5.01. The van der Waals surface area contributed by atoms with Crippen LogP contribution in [-0.2, 0) is 9.84 Å². The first-order chi connectivity index (χ1) is 12.0. The van der Waals surface area contributed by atoms with E-state index in [9.17, 15) is 8.42 Å². The lowest BCUT2D eigenvalue weighted by molar-refractivity contribution is 0.0305. The van der Waals surface area contributed by atoms with Crippen molar-refractivity contribution in [1.82, 2.24) is 15.1 Å². The molecule has 2 aliphatic heterocycles. The number of likely N-dealkylation sites (tertiary alicyclic amines) is 1. The Morgan fingerprint density at radius 3 is 2.12 bits per heavy atom. The Morgan fingerprint density at radius 1 is 1.00 bits per heavy atom. The fraction of sp³-hybridized carbons (Fsp3) is 0.778. The number of rotatable bonds is 3. The largest absolute Gasteiger partial charge is 0.355 e. The minimum Gasteiger partial charge on any atom is -0.355 e. The van der Waals surface area contributed by atoms with Crippen molar-refractivity contribution < 1.29 is 8.42 Å². The number of hydrogen-bond donors (Lipinski definition) is 0. The van der Waals surface area contributed by atoms with Crippen LogP contribution in [0.1, 0.15) is 44.9 Å². The molecule has 7 heteroatoms. The summed E-state index contributed by atoms with van der Waals surface area (Å²) in [6.07, 6.45) is 10.5. The maximum absolute atomic E-state index is 11.5. The molecule has 1 spiro atoms.